The van der Waals surface area contributed by atoms with Crippen molar-refractivity contribution in [2.24, 2.45) is 11.8 Å². The van der Waals surface area contributed by atoms with Crippen LogP contribution in [0.3, 0.4) is 0 Å². The van der Waals surface area contributed by atoms with Crippen molar-refractivity contribution in [1.82, 2.24) is 0 Å². The standard InChI is InChI=1S/C12H14N2O2/c1-7-8(2)12(16)14(11(7)15)10-6-4-3-5-9(10)13/h3-8H,13H2,1-2H3. The van der Waals surface area contributed by atoms with Gasteiger partial charge in [0.1, 0.15) is 0 Å². The quantitative estimate of drug-likeness (QED) is 0.572. The molecule has 1 aromatic carbocycles. The Morgan fingerprint density at radius 1 is 1.06 bits per heavy atom. The van der Waals surface area contributed by atoms with E-state index < -0.39 is 0 Å². The average molecular weight is 218 g/mol. The molecule has 1 aliphatic heterocycles. The summed E-state index contributed by atoms with van der Waals surface area (Å²) >= 11 is 0. The van der Waals surface area contributed by atoms with Crippen molar-refractivity contribution in [1.29, 1.82) is 0 Å². The summed E-state index contributed by atoms with van der Waals surface area (Å²) in [4.78, 5) is 25.1. The van der Waals surface area contributed by atoms with Gasteiger partial charge in [0, 0.05) is 11.8 Å². The number of hydrogen-bond donors (Lipinski definition) is 1. The van der Waals surface area contributed by atoms with Crippen LogP contribution < -0.4 is 10.6 Å². The zero-order valence-corrected chi connectivity index (χ0v) is 9.31. The molecule has 16 heavy (non-hydrogen) atoms. The first-order valence-electron chi connectivity index (χ1n) is 5.26. The third-order valence-corrected chi connectivity index (χ3v) is 3.15. The number of carbonyl (C=O) groups is 2. The summed E-state index contributed by atoms with van der Waals surface area (Å²) in [6.45, 7) is 3.54. The molecule has 4 heteroatoms. The fraction of sp³-hybridized carbons (Fsp3) is 0.333. The van der Waals surface area contributed by atoms with Gasteiger partial charge in [0.25, 0.3) is 0 Å². The monoisotopic (exact) mass is 218 g/mol. The molecule has 0 spiro atoms. The Bertz CT molecular complexity index is 436. The first kappa shape index (κ1) is 10.7. The highest BCUT2D eigenvalue weighted by Crippen LogP contribution is 2.33. The summed E-state index contributed by atoms with van der Waals surface area (Å²) in [5.41, 5.74) is 6.71. The molecule has 0 aromatic heterocycles. The van der Waals surface area contributed by atoms with Gasteiger partial charge < -0.3 is 5.73 Å². The molecule has 0 aliphatic carbocycles. The highest BCUT2D eigenvalue weighted by Gasteiger charge is 2.43. The number of carbonyl (C=O) groups excluding carboxylic acids is 2. The Morgan fingerprint density at radius 3 is 2.06 bits per heavy atom. The predicted octanol–water partition coefficient (Wildman–Crippen LogP) is 1.41. The topological polar surface area (TPSA) is 63.4 Å². The molecule has 1 aliphatic rings. The summed E-state index contributed by atoms with van der Waals surface area (Å²) in [5.74, 6) is -0.884. The first-order valence-corrected chi connectivity index (χ1v) is 5.26. The molecule has 2 N–H and O–H groups in total. The highest BCUT2D eigenvalue weighted by molar-refractivity contribution is 6.22. The van der Waals surface area contributed by atoms with Crippen LogP contribution in [0.4, 0.5) is 11.4 Å². The molecule has 0 radical (unpaired) electrons. The minimum Gasteiger partial charge on any atom is -0.397 e. The third-order valence-electron chi connectivity index (χ3n) is 3.15. The van der Waals surface area contributed by atoms with E-state index in [9.17, 15) is 9.59 Å². The maximum atomic E-state index is 11.9. The second-order valence-corrected chi connectivity index (χ2v) is 4.15. The van der Waals surface area contributed by atoms with Gasteiger partial charge in [-0.1, -0.05) is 26.0 Å². The molecule has 0 saturated carbocycles. The Hall–Kier alpha value is -1.84. The van der Waals surface area contributed by atoms with Crippen molar-refractivity contribution in [3.05, 3.63) is 24.3 Å². The van der Waals surface area contributed by atoms with Gasteiger partial charge in [0.05, 0.1) is 11.4 Å². The lowest BCUT2D eigenvalue weighted by Gasteiger charge is -2.16. The Balaban J connectivity index is 2.47. The molecule has 84 valence electrons. The van der Waals surface area contributed by atoms with Crippen LogP contribution in [0.5, 0.6) is 0 Å². The second kappa shape index (κ2) is 3.63. The number of nitrogens with two attached hydrogens (primary N) is 1. The largest absolute Gasteiger partial charge is 0.397 e. The molecule has 1 aromatic rings. The number of hydrogen-bond acceptors (Lipinski definition) is 3. The van der Waals surface area contributed by atoms with Crippen LogP contribution in [-0.2, 0) is 9.59 Å². The summed E-state index contributed by atoms with van der Waals surface area (Å²) in [5, 5.41) is 0. The highest BCUT2D eigenvalue weighted by atomic mass is 16.2. The number of anilines is 2. The molecule has 1 heterocycles. The van der Waals surface area contributed by atoms with Gasteiger partial charge >= 0.3 is 0 Å². The van der Waals surface area contributed by atoms with Gasteiger partial charge in [-0.2, -0.15) is 0 Å². The third kappa shape index (κ3) is 1.38. The number of nitrogens with zero attached hydrogens (tertiary/aromatic N) is 1. The number of rotatable bonds is 1. The molecule has 2 atom stereocenters. The van der Waals surface area contributed by atoms with Gasteiger partial charge in [-0.25, -0.2) is 4.90 Å². The van der Waals surface area contributed by atoms with E-state index in [-0.39, 0.29) is 23.7 Å². The number of amides is 2. The van der Waals surface area contributed by atoms with E-state index in [1.165, 1.54) is 4.90 Å². The Labute approximate surface area is 94.0 Å². The first-order chi connectivity index (χ1) is 7.54. The van der Waals surface area contributed by atoms with E-state index >= 15 is 0 Å². The second-order valence-electron chi connectivity index (χ2n) is 4.15. The van der Waals surface area contributed by atoms with Crippen LogP contribution in [0.2, 0.25) is 0 Å². The van der Waals surface area contributed by atoms with Crippen molar-refractivity contribution >= 4 is 23.2 Å². The van der Waals surface area contributed by atoms with Gasteiger partial charge in [-0.05, 0) is 12.1 Å². The maximum absolute atomic E-state index is 11.9. The van der Waals surface area contributed by atoms with E-state index in [0.29, 0.717) is 11.4 Å². The van der Waals surface area contributed by atoms with Crippen LogP contribution in [0.15, 0.2) is 24.3 Å². The molecule has 1 fully saturated rings. The molecule has 1 saturated heterocycles. The fourth-order valence-corrected chi connectivity index (χ4v) is 1.87. The van der Waals surface area contributed by atoms with Gasteiger partial charge in [-0.15, -0.1) is 0 Å². The van der Waals surface area contributed by atoms with E-state index in [0.717, 1.165) is 0 Å². The molecular formula is C12H14N2O2. The van der Waals surface area contributed by atoms with Gasteiger partial charge in [-0.3, -0.25) is 9.59 Å². The fourth-order valence-electron chi connectivity index (χ4n) is 1.87. The number of para-hydroxylation sites is 2. The summed E-state index contributed by atoms with van der Waals surface area (Å²) in [7, 11) is 0. The van der Waals surface area contributed by atoms with E-state index in [1.807, 2.05) is 0 Å². The van der Waals surface area contributed by atoms with Crippen LogP contribution in [0, 0.1) is 11.8 Å². The zero-order chi connectivity index (χ0) is 11.9. The summed E-state index contributed by atoms with van der Waals surface area (Å²) in [6.07, 6.45) is 0. The minimum absolute atomic E-state index is 0.171. The predicted molar refractivity (Wildman–Crippen MR) is 61.7 cm³/mol. The van der Waals surface area contributed by atoms with E-state index in [1.54, 1.807) is 38.1 Å². The van der Waals surface area contributed by atoms with Crippen LogP contribution in [0.1, 0.15) is 13.8 Å². The molecule has 4 nitrogen and oxygen atoms in total. The Kier molecular flexibility index (Phi) is 2.42. The van der Waals surface area contributed by atoms with Crippen molar-refractivity contribution in [3.63, 3.8) is 0 Å². The van der Waals surface area contributed by atoms with Crippen molar-refractivity contribution in [3.8, 4) is 0 Å². The van der Waals surface area contributed by atoms with Gasteiger partial charge in [0.2, 0.25) is 11.8 Å². The molecule has 2 amide bonds. The normalized spacial score (nSPS) is 25.2. The van der Waals surface area contributed by atoms with E-state index in [2.05, 4.69) is 0 Å². The maximum Gasteiger partial charge on any atom is 0.237 e. The molecular weight excluding hydrogens is 204 g/mol. The number of benzene rings is 1. The summed E-state index contributed by atoms with van der Waals surface area (Å²) in [6, 6.07) is 6.91. The number of nitrogen functional groups attached to an aromatic ring is 1. The SMILES string of the molecule is CC1C(=O)N(c2ccccc2N)C(=O)C1C. The minimum atomic E-state index is -0.271. The molecule has 0 bridgehead atoms. The molecule has 2 rings (SSSR count). The smallest absolute Gasteiger partial charge is 0.237 e. The average Bonchev–Trinajstić information content (AvgIpc) is 2.45. The van der Waals surface area contributed by atoms with Gasteiger partial charge in [0.15, 0.2) is 0 Å². The van der Waals surface area contributed by atoms with Crippen LogP contribution in [-0.4, -0.2) is 11.8 Å². The van der Waals surface area contributed by atoms with Crippen LogP contribution in [0.25, 0.3) is 0 Å². The summed E-state index contributed by atoms with van der Waals surface area (Å²) < 4.78 is 0. The lowest BCUT2D eigenvalue weighted by Crippen LogP contribution is -2.31. The van der Waals surface area contributed by atoms with Crippen molar-refractivity contribution < 1.29 is 9.59 Å². The lowest BCUT2D eigenvalue weighted by atomic mass is 10.00. The number of imide groups is 1. The Morgan fingerprint density at radius 2 is 1.56 bits per heavy atom. The molecule has 2 unspecified atom stereocenters. The van der Waals surface area contributed by atoms with E-state index in [4.69, 9.17) is 5.73 Å². The lowest BCUT2D eigenvalue weighted by molar-refractivity contribution is -0.122. The van der Waals surface area contributed by atoms with Crippen LogP contribution >= 0.6 is 0 Å². The van der Waals surface area contributed by atoms with Crippen molar-refractivity contribution in [2.45, 2.75) is 13.8 Å². The van der Waals surface area contributed by atoms with Crippen molar-refractivity contribution in [2.75, 3.05) is 10.6 Å². The zero-order valence-electron chi connectivity index (χ0n) is 9.31.